The lowest BCUT2D eigenvalue weighted by Gasteiger charge is -2.08. The van der Waals surface area contributed by atoms with Gasteiger partial charge in [-0.2, -0.15) is 0 Å². The minimum atomic E-state index is 0.645. The van der Waals surface area contributed by atoms with E-state index in [-0.39, 0.29) is 0 Å². The second-order valence-corrected chi connectivity index (χ2v) is 4.30. The fourth-order valence-corrected chi connectivity index (χ4v) is 1.54. The molecule has 0 unspecified atom stereocenters. The Morgan fingerprint density at radius 1 is 1.33 bits per heavy atom. The lowest BCUT2D eigenvalue weighted by Crippen LogP contribution is -2.15. The van der Waals surface area contributed by atoms with Crippen molar-refractivity contribution in [2.24, 2.45) is 5.92 Å². The van der Waals surface area contributed by atoms with E-state index < -0.39 is 0 Å². The maximum atomic E-state index is 4.54. The van der Waals surface area contributed by atoms with Crippen LogP contribution in [0.15, 0.2) is 6.07 Å². The molecule has 0 atom stereocenters. The van der Waals surface area contributed by atoms with Gasteiger partial charge in [-0.3, -0.25) is 0 Å². The maximum absolute atomic E-state index is 4.54. The van der Waals surface area contributed by atoms with E-state index in [0.29, 0.717) is 5.92 Å². The summed E-state index contributed by atoms with van der Waals surface area (Å²) in [4.78, 5) is 8.94. The number of hydrogen-bond donors (Lipinski definition) is 1. The zero-order valence-corrected chi connectivity index (χ0v) is 10.2. The van der Waals surface area contributed by atoms with E-state index in [9.17, 15) is 0 Å². The van der Waals surface area contributed by atoms with Gasteiger partial charge in [-0.1, -0.05) is 20.8 Å². The summed E-state index contributed by atoms with van der Waals surface area (Å²) in [6.45, 7) is 10.3. The lowest BCUT2D eigenvalue weighted by molar-refractivity contribution is 0.620. The number of aryl methyl sites for hydroxylation is 1. The van der Waals surface area contributed by atoms with Gasteiger partial charge in [0.05, 0.1) is 6.54 Å². The third-order valence-electron chi connectivity index (χ3n) is 2.10. The molecule has 15 heavy (non-hydrogen) atoms. The van der Waals surface area contributed by atoms with Crippen molar-refractivity contribution in [3.63, 3.8) is 0 Å². The summed E-state index contributed by atoms with van der Waals surface area (Å²) in [6.07, 6.45) is 1.03. The Kier molecular flexibility index (Phi) is 4.69. The van der Waals surface area contributed by atoms with Crippen LogP contribution in [0, 0.1) is 12.8 Å². The molecule has 3 nitrogen and oxygen atoms in total. The Morgan fingerprint density at radius 3 is 2.67 bits per heavy atom. The van der Waals surface area contributed by atoms with Crippen molar-refractivity contribution < 1.29 is 0 Å². The van der Waals surface area contributed by atoms with Crippen LogP contribution in [0.3, 0.4) is 0 Å². The molecule has 0 spiro atoms. The third kappa shape index (κ3) is 4.38. The Hall–Kier alpha value is -0.960. The molecule has 0 aliphatic carbocycles. The van der Waals surface area contributed by atoms with Gasteiger partial charge in [0.2, 0.25) is 0 Å². The summed E-state index contributed by atoms with van der Waals surface area (Å²) >= 11 is 0. The van der Waals surface area contributed by atoms with Crippen LogP contribution in [0.1, 0.15) is 38.0 Å². The molecular weight excluding hydrogens is 186 g/mol. The fourth-order valence-electron chi connectivity index (χ4n) is 1.54. The summed E-state index contributed by atoms with van der Waals surface area (Å²) < 4.78 is 0. The summed E-state index contributed by atoms with van der Waals surface area (Å²) in [5.74, 6) is 1.55. The highest BCUT2D eigenvalue weighted by molar-refractivity contribution is 5.10. The van der Waals surface area contributed by atoms with Gasteiger partial charge in [-0.25, -0.2) is 9.97 Å². The van der Waals surface area contributed by atoms with Crippen LogP contribution < -0.4 is 5.32 Å². The van der Waals surface area contributed by atoms with Crippen LogP contribution >= 0.6 is 0 Å². The zero-order chi connectivity index (χ0) is 11.3. The average molecular weight is 207 g/mol. The fraction of sp³-hybridized carbons (Fsp3) is 0.667. The summed E-state index contributed by atoms with van der Waals surface area (Å²) in [5.41, 5.74) is 2.22. The molecule has 0 amide bonds. The van der Waals surface area contributed by atoms with Crippen LogP contribution in [0.5, 0.6) is 0 Å². The van der Waals surface area contributed by atoms with Crippen LogP contribution in [-0.2, 0) is 13.0 Å². The minimum absolute atomic E-state index is 0.645. The van der Waals surface area contributed by atoms with E-state index in [0.717, 1.165) is 36.7 Å². The Labute approximate surface area is 92.3 Å². The van der Waals surface area contributed by atoms with E-state index in [2.05, 4.69) is 42.1 Å². The molecule has 0 saturated carbocycles. The smallest absolute Gasteiger partial charge is 0.142 e. The second-order valence-electron chi connectivity index (χ2n) is 4.30. The van der Waals surface area contributed by atoms with Crippen molar-refractivity contribution in [2.75, 3.05) is 6.54 Å². The predicted octanol–water partition coefficient (Wildman–Crippen LogP) is 2.09. The summed E-state index contributed by atoms with van der Waals surface area (Å²) in [7, 11) is 0. The molecule has 0 aromatic carbocycles. The molecule has 0 saturated heterocycles. The van der Waals surface area contributed by atoms with Gasteiger partial charge in [0.15, 0.2) is 0 Å². The van der Waals surface area contributed by atoms with Crippen molar-refractivity contribution >= 4 is 0 Å². The van der Waals surface area contributed by atoms with Crippen molar-refractivity contribution in [3.8, 4) is 0 Å². The number of nitrogens with one attached hydrogen (secondary N) is 1. The Bertz CT molecular complexity index is 308. The van der Waals surface area contributed by atoms with Gasteiger partial charge >= 0.3 is 0 Å². The first kappa shape index (κ1) is 12.1. The summed E-state index contributed by atoms with van der Waals surface area (Å²) in [5, 5.41) is 3.25. The third-order valence-corrected chi connectivity index (χ3v) is 2.10. The normalized spacial score (nSPS) is 11.0. The lowest BCUT2D eigenvalue weighted by atomic mass is 10.1. The quantitative estimate of drug-likeness (QED) is 0.803. The van der Waals surface area contributed by atoms with Crippen LogP contribution in [-0.4, -0.2) is 16.5 Å². The van der Waals surface area contributed by atoms with Gasteiger partial charge in [-0.05, 0) is 31.9 Å². The predicted molar refractivity (Wildman–Crippen MR) is 62.7 cm³/mol. The van der Waals surface area contributed by atoms with Crippen molar-refractivity contribution in [1.82, 2.24) is 15.3 Å². The van der Waals surface area contributed by atoms with Gasteiger partial charge in [-0.15, -0.1) is 0 Å². The molecule has 0 fully saturated rings. The molecule has 1 heterocycles. The molecule has 84 valence electrons. The van der Waals surface area contributed by atoms with E-state index in [1.165, 1.54) is 0 Å². The molecule has 1 rings (SSSR count). The van der Waals surface area contributed by atoms with Crippen LogP contribution in [0.25, 0.3) is 0 Å². The monoisotopic (exact) mass is 207 g/mol. The Morgan fingerprint density at radius 2 is 2.07 bits per heavy atom. The number of rotatable bonds is 5. The standard InChI is InChI=1S/C12H21N3/c1-5-13-8-12-14-10(4)7-11(15-12)6-9(2)3/h7,9,13H,5-6,8H2,1-4H3. The van der Waals surface area contributed by atoms with E-state index in [1.54, 1.807) is 0 Å². The molecular formula is C12H21N3. The first-order valence-electron chi connectivity index (χ1n) is 5.66. The molecule has 0 radical (unpaired) electrons. The van der Waals surface area contributed by atoms with Crippen molar-refractivity contribution in [3.05, 3.63) is 23.3 Å². The maximum Gasteiger partial charge on any atom is 0.142 e. The first-order valence-corrected chi connectivity index (χ1v) is 5.66. The number of nitrogens with zero attached hydrogens (tertiary/aromatic N) is 2. The SMILES string of the molecule is CCNCc1nc(C)cc(CC(C)C)n1. The molecule has 1 aromatic rings. The Balaban J connectivity index is 2.75. The highest BCUT2D eigenvalue weighted by Gasteiger charge is 2.03. The largest absolute Gasteiger partial charge is 0.310 e. The van der Waals surface area contributed by atoms with Gasteiger partial charge < -0.3 is 5.32 Å². The zero-order valence-electron chi connectivity index (χ0n) is 10.2. The van der Waals surface area contributed by atoms with Crippen LogP contribution in [0.4, 0.5) is 0 Å². The number of aromatic nitrogens is 2. The minimum Gasteiger partial charge on any atom is -0.310 e. The highest BCUT2D eigenvalue weighted by Crippen LogP contribution is 2.07. The molecule has 1 aromatic heterocycles. The highest BCUT2D eigenvalue weighted by atomic mass is 15.0. The van der Waals surface area contributed by atoms with Crippen LogP contribution in [0.2, 0.25) is 0 Å². The van der Waals surface area contributed by atoms with Crippen molar-refractivity contribution in [2.45, 2.75) is 40.7 Å². The second kappa shape index (κ2) is 5.81. The van der Waals surface area contributed by atoms with E-state index in [1.807, 2.05) is 6.92 Å². The molecule has 0 aliphatic rings. The topological polar surface area (TPSA) is 37.8 Å². The summed E-state index contributed by atoms with van der Waals surface area (Å²) in [6, 6.07) is 2.08. The van der Waals surface area contributed by atoms with E-state index >= 15 is 0 Å². The van der Waals surface area contributed by atoms with Crippen molar-refractivity contribution in [1.29, 1.82) is 0 Å². The van der Waals surface area contributed by atoms with Gasteiger partial charge in [0, 0.05) is 11.4 Å². The molecule has 1 N–H and O–H groups in total. The molecule has 0 bridgehead atoms. The molecule has 0 aliphatic heterocycles. The van der Waals surface area contributed by atoms with Gasteiger partial charge in [0.25, 0.3) is 0 Å². The van der Waals surface area contributed by atoms with E-state index in [4.69, 9.17) is 0 Å². The number of hydrogen-bond acceptors (Lipinski definition) is 3. The average Bonchev–Trinajstić information content (AvgIpc) is 2.12. The van der Waals surface area contributed by atoms with Gasteiger partial charge in [0.1, 0.15) is 5.82 Å². The molecule has 3 heteroatoms. The first-order chi connectivity index (χ1) is 7.11.